The van der Waals surface area contributed by atoms with Gasteiger partial charge in [-0.3, -0.25) is 9.78 Å². The fraction of sp³-hybridized carbons (Fsp3) is 0.333. The fourth-order valence-corrected chi connectivity index (χ4v) is 1.45. The molecule has 0 aliphatic carbocycles. The van der Waals surface area contributed by atoms with E-state index in [4.69, 9.17) is 10.2 Å². The lowest BCUT2D eigenvalue weighted by Gasteiger charge is -2.13. The molecule has 2 amide bonds. The summed E-state index contributed by atoms with van der Waals surface area (Å²) in [6, 6.07) is 3.05. The van der Waals surface area contributed by atoms with E-state index in [1.807, 2.05) is 0 Å². The average molecular weight is 281 g/mol. The Hall–Kier alpha value is -2.64. The number of nitrogens with zero attached hydrogens (tertiary/aromatic N) is 1. The van der Waals surface area contributed by atoms with E-state index in [9.17, 15) is 14.4 Å². The topological polar surface area (TPSA) is 129 Å². The molecular formula is C12H15N3O5. The first-order valence-electron chi connectivity index (χ1n) is 5.80. The Morgan fingerprint density at radius 2 is 2.00 bits per heavy atom. The summed E-state index contributed by atoms with van der Waals surface area (Å²) in [5.74, 6) is -2.71. The van der Waals surface area contributed by atoms with Crippen LogP contribution in [0.3, 0.4) is 0 Å². The van der Waals surface area contributed by atoms with Crippen LogP contribution in [0, 0.1) is 6.92 Å². The first-order valence-corrected chi connectivity index (χ1v) is 5.80. The molecule has 0 fully saturated rings. The second-order valence-electron chi connectivity index (χ2n) is 4.09. The quantitative estimate of drug-likeness (QED) is 0.586. The number of hydrogen-bond acceptors (Lipinski definition) is 4. The molecule has 4 N–H and O–H groups in total. The molecule has 1 aromatic heterocycles. The lowest BCUT2D eigenvalue weighted by molar-refractivity contribution is -0.145. The summed E-state index contributed by atoms with van der Waals surface area (Å²) in [5, 5.41) is 21.8. The third-order valence-electron chi connectivity index (χ3n) is 2.36. The zero-order valence-corrected chi connectivity index (χ0v) is 10.8. The van der Waals surface area contributed by atoms with Crippen LogP contribution in [0.15, 0.2) is 18.2 Å². The second kappa shape index (κ2) is 7.07. The smallest absolute Gasteiger partial charge is 0.326 e. The van der Waals surface area contributed by atoms with Crippen LogP contribution in [-0.4, -0.2) is 39.2 Å². The van der Waals surface area contributed by atoms with Crippen molar-refractivity contribution in [3.63, 3.8) is 0 Å². The zero-order valence-electron chi connectivity index (χ0n) is 10.8. The van der Waals surface area contributed by atoms with Crippen molar-refractivity contribution in [2.45, 2.75) is 25.9 Å². The highest BCUT2D eigenvalue weighted by Crippen LogP contribution is 1.98. The normalized spacial score (nSPS) is 11.4. The third kappa shape index (κ3) is 5.34. The Kier molecular flexibility index (Phi) is 5.45. The summed E-state index contributed by atoms with van der Waals surface area (Å²) < 4.78 is 0. The molecule has 0 radical (unpaired) electrons. The molecule has 0 unspecified atom stereocenters. The minimum atomic E-state index is -1.47. The number of pyridine rings is 1. The van der Waals surface area contributed by atoms with Gasteiger partial charge in [0, 0.05) is 5.69 Å². The molecule has 0 saturated carbocycles. The van der Waals surface area contributed by atoms with Crippen molar-refractivity contribution in [2.24, 2.45) is 0 Å². The van der Waals surface area contributed by atoms with Crippen LogP contribution in [0.1, 0.15) is 17.8 Å². The molecule has 1 atom stereocenters. The van der Waals surface area contributed by atoms with Crippen molar-refractivity contribution < 1.29 is 24.6 Å². The number of carboxylic acid groups (broad SMARTS) is 2. The summed E-state index contributed by atoms with van der Waals surface area (Å²) in [5.41, 5.74) is 1.41. The van der Waals surface area contributed by atoms with Crippen molar-refractivity contribution >= 4 is 18.0 Å². The van der Waals surface area contributed by atoms with Gasteiger partial charge in [-0.05, 0) is 19.1 Å². The SMILES string of the molecule is Cc1cccc(CNC(=O)N[C@H](CC(=O)O)C(=O)O)n1. The highest BCUT2D eigenvalue weighted by molar-refractivity contribution is 5.86. The van der Waals surface area contributed by atoms with Crippen LogP contribution in [0.4, 0.5) is 4.79 Å². The number of aromatic nitrogens is 1. The van der Waals surface area contributed by atoms with Crippen molar-refractivity contribution in [3.05, 3.63) is 29.6 Å². The Labute approximate surface area is 114 Å². The molecule has 8 heteroatoms. The molecule has 0 aliphatic rings. The molecule has 0 aliphatic heterocycles. The molecule has 20 heavy (non-hydrogen) atoms. The van der Waals surface area contributed by atoms with E-state index >= 15 is 0 Å². The van der Waals surface area contributed by atoms with Crippen LogP contribution >= 0.6 is 0 Å². The summed E-state index contributed by atoms with van der Waals surface area (Å²) in [4.78, 5) is 36.9. The molecular weight excluding hydrogens is 266 g/mol. The molecule has 0 bridgehead atoms. The first-order chi connectivity index (χ1) is 9.38. The van der Waals surface area contributed by atoms with Crippen LogP contribution < -0.4 is 10.6 Å². The standard InChI is InChI=1S/C12H15N3O5/c1-7-3-2-4-8(14-7)6-13-12(20)15-9(11(18)19)5-10(16)17/h2-4,9H,5-6H2,1H3,(H,16,17)(H,18,19)(H2,13,15,20)/t9-/m1/s1. The first kappa shape index (κ1) is 15.4. The maximum Gasteiger partial charge on any atom is 0.326 e. The minimum absolute atomic E-state index is 0.118. The van der Waals surface area contributed by atoms with E-state index < -0.39 is 30.4 Å². The van der Waals surface area contributed by atoms with Gasteiger partial charge in [0.1, 0.15) is 6.04 Å². The number of urea groups is 1. The van der Waals surface area contributed by atoms with Gasteiger partial charge in [-0.1, -0.05) is 6.07 Å². The Morgan fingerprint density at radius 3 is 2.55 bits per heavy atom. The zero-order chi connectivity index (χ0) is 15.1. The van der Waals surface area contributed by atoms with Gasteiger partial charge >= 0.3 is 18.0 Å². The van der Waals surface area contributed by atoms with Gasteiger partial charge in [0.25, 0.3) is 0 Å². The number of aryl methyl sites for hydroxylation is 1. The van der Waals surface area contributed by atoms with E-state index in [0.29, 0.717) is 5.69 Å². The van der Waals surface area contributed by atoms with Crippen LogP contribution in [0.2, 0.25) is 0 Å². The van der Waals surface area contributed by atoms with Crippen LogP contribution in [0.25, 0.3) is 0 Å². The molecule has 1 heterocycles. The fourth-order valence-electron chi connectivity index (χ4n) is 1.45. The number of carboxylic acids is 2. The molecule has 0 spiro atoms. The molecule has 108 valence electrons. The van der Waals surface area contributed by atoms with E-state index in [0.717, 1.165) is 5.69 Å². The van der Waals surface area contributed by atoms with Gasteiger partial charge in [-0.2, -0.15) is 0 Å². The van der Waals surface area contributed by atoms with E-state index in [1.54, 1.807) is 25.1 Å². The summed E-state index contributed by atoms with van der Waals surface area (Å²) in [7, 11) is 0. The van der Waals surface area contributed by atoms with E-state index in [-0.39, 0.29) is 6.54 Å². The van der Waals surface area contributed by atoms with Crippen molar-refractivity contribution in [1.82, 2.24) is 15.6 Å². The van der Waals surface area contributed by atoms with Gasteiger partial charge in [0.2, 0.25) is 0 Å². The molecule has 0 aromatic carbocycles. The lowest BCUT2D eigenvalue weighted by Crippen LogP contribution is -2.46. The van der Waals surface area contributed by atoms with Crippen molar-refractivity contribution in [1.29, 1.82) is 0 Å². The summed E-state index contributed by atoms with van der Waals surface area (Å²) in [6.45, 7) is 1.92. The monoisotopic (exact) mass is 281 g/mol. The Balaban J connectivity index is 2.49. The molecule has 1 aromatic rings. The predicted octanol–water partition coefficient (Wildman–Crippen LogP) is 0.117. The number of aliphatic carboxylic acids is 2. The van der Waals surface area contributed by atoms with Crippen LogP contribution in [-0.2, 0) is 16.1 Å². The Morgan fingerprint density at radius 1 is 1.30 bits per heavy atom. The molecule has 0 saturated heterocycles. The minimum Gasteiger partial charge on any atom is -0.481 e. The molecule has 8 nitrogen and oxygen atoms in total. The number of carbonyl (C=O) groups excluding carboxylic acids is 1. The van der Waals surface area contributed by atoms with E-state index in [1.165, 1.54) is 0 Å². The van der Waals surface area contributed by atoms with Gasteiger partial charge in [0.05, 0.1) is 18.7 Å². The second-order valence-corrected chi connectivity index (χ2v) is 4.09. The number of rotatable bonds is 6. The average Bonchev–Trinajstić information content (AvgIpc) is 2.35. The highest BCUT2D eigenvalue weighted by atomic mass is 16.4. The number of carbonyl (C=O) groups is 3. The maximum absolute atomic E-state index is 11.5. The van der Waals surface area contributed by atoms with Crippen molar-refractivity contribution in [3.8, 4) is 0 Å². The van der Waals surface area contributed by atoms with Gasteiger partial charge in [-0.15, -0.1) is 0 Å². The number of nitrogens with one attached hydrogen (secondary N) is 2. The summed E-state index contributed by atoms with van der Waals surface area (Å²) in [6.07, 6.45) is -0.689. The Bertz CT molecular complexity index is 518. The third-order valence-corrected chi connectivity index (χ3v) is 2.36. The highest BCUT2D eigenvalue weighted by Gasteiger charge is 2.22. The van der Waals surface area contributed by atoms with Crippen molar-refractivity contribution in [2.75, 3.05) is 0 Å². The van der Waals surface area contributed by atoms with Gasteiger partial charge < -0.3 is 20.8 Å². The van der Waals surface area contributed by atoms with Gasteiger partial charge in [-0.25, -0.2) is 9.59 Å². The number of hydrogen-bond donors (Lipinski definition) is 4. The molecule has 1 rings (SSSR count). The maximum atomic E-state index is 11.5. The van der Waals surface area contributed by atoms with Gasteiger partial charge in [0.15, 0.2) is 0 Å². The predicted molar refractivity (Wildman–Crippen MR) is 68.0 cm³/mol. The number of amides is 2. The van der Waals surface area contributed by atoms with E-state index in [2.05, 4.69) is 15.6 Å². The lowest BCUT2D eigenvalue weighted by atomic mass is 10.2. The van der Waals surface area contributed by atoms with Crippen LogP contribution in [0.5, 0.6) is 0 Å². The largest absolute Gasteiger partial charge is 0.481 e. The summed E-state index contributed by atoms with van der Waals surface area (Å²) >= 11 is 0.